The van der Waals surface area contributed by atoms with E-state index in [-0.39, 0.29) is 25.2 Å². The summed E-state index contributed by atoms with van der Waals surface area (Å²) < 4.78 is 10.8. The molecule has 0 aliphatic heterocycles. The molecule has 0 bridgehead atoms. The summed E-state index contributed by atoms with van der Waals surface area (Å²) in [4.78, 5) is 24.6. The summed E-state index contributed by atoms with van der Waals surface area (Å²) in [5.41, 5.74) is 0. The summed E-state index contributed by atoms with van der Waals surface area (Å²) in [7, 11) is 0. The molecule has 0 aliphatic carbocycles. The van der Waals surface area contributed by atoms with E-state index in [2.05, 4.69) is 74.6 Å². The van der Waals surface area contributed by atoms with Crippen LogP contribution in [0.2, 0.25) is 0 Å². The maximum atomic E-state index is 12.4. The van der Waals surface area contributed by atoms with Crippen LogP contribution < -0.4 is 0 Å². The van der Waals surface area contributed by atoms with E-state index in [0.29, 0.717) is 12.8 Å². The lowest BCUT2D eigenvalue weighted by Gasteiger charge is -2.15. The van der Waals surface area contributed by atoms with Gasteiger partial charge in [-0.15, -0.1) is 0 Å². The molecule has 0 aromatic carbocycles. The smallest absolute Gasteiger partial charge is 0.306 e. The van der Waals surface area contributed by atoms with Gasteiger partial charge in [0.25, 0.3) is 0 Å². The first-order valence-corrected chi connectivity index (χ1v) is 33.8. The zero-order chi connectivity index (χ0) is 54.8. The van der Waals surface area contributed by atoms with Crippen molar-refractivity contribution in [1.82, 2.24) is 0 Å². The second-order valence-electron chi connectivity index (χ2n) is 22.9. The minimum Gasteiger partial charge on any atom is -0.462 e. The lowest BCUT2D eigenvalue weighted by Crippen LogP contribution is -2.28. The second-order valence-corrected chi connectivity index (χ2v) is 22.9. The molecule has 0 aromatic rings. The number of carbonyl (C=O) groups is 2. The number of aliphatic hydroxyl groups excluding tert-OH is 1. The highest BCUT2D eigenvalue weighted by Gasteiger charge is 2.16. The molecule has 0 saturated carbocycles. The number of hydrogen-bond acceptors (Lipinski definition) is 5. The van der Waals surface area contributed by atoms with E-state index >= 15 is 0 Å². The van der Waals surface area contributed by atoms with Gasteiger partial charge in [0.1, 0.15) is 6.61 Å². The average molecular weight is 1060 g/mol. The van der Waals surface area contributed by atoms with Gasteiger partial charge in [-0.3, -0.25) is 9.59 Å². The molecule has 0 fully saturated rings. The molecule has 0 rings (SSSR count). The fourth-order valence-corrected chi connectivity index (χ4v) is 10.3. The van der Waals surface area contributed by atoms with E-state index in [1.54, 1.807) is 0 Å². The second kappa shape index (κ2) is 66.9. The van der Waals surface area contributed by atoms with Crippen molar-refractivity contribution in [3.05, 3.63) is 60.8 Å². The van der Waals surface area contributed by atoms with Crippen molar-refractivity contribution >= 4 is 11.9 Å². The molecule has 1 unspecified atom stereocenters. The Kier molecular flexibility index (Phi) is 64.8. The van der Waals surface area contributed by atoms with E-state index in [1.807, 2.05) is 0 Å². The van der Waals surface area contributed by atoms with Crippen LogP contribution in [-0.2, 0) is 19.1 Å². The molecule has 0 amide bonds. The first-order chi connectivity index (χ1) is 37.6. The minimum atomic E-state index is -0.772. The summed E-state index contributed by atoms with van der Waals surface area (Å²) in [5.74, 6) is -0.570. The Hall–Kier alpha value is -2.40. The highest BCUT2D eigenvalue weighted by atomic mass is 16.6. The van der Waals surface area contributed by atoms with Crippen LogP contribution in [0.4, 0.5) is 0 Å². The Bertz CT molecular complexity index is 1300. The van der Waals surface area contributed by atoms with Crippen LogP contribution in [0.5, 0.6) is 0 Å². The van der Waals surface area contributed by atoms with Gasteiger partial charge in [-0.1, -0.05) is 351 Å². The van der Waals surface area contributed by atoms with Crippen LogP contribution in [0.3, 0.4) is 0 Å². The topological polar surface area (TPSA) is 72.8 Å². The number of aliphatic hydroxyl groups is 1. The normalized spacial score (nSPS) is 12.5. The molecule has 0 saturated heterocycles. The standard InChI is InChI=1S/C71H130O5/c1-3-5-7-9-11-13-15-17-19-21-23-25-27-29-31-33-34-35-36-38-40-42-44-46-48-50-52-54-56-58-60-62-64-66-71(74)76-69(67-72)68-75-70(73)65-63-61-59-57-55-53-51-49-47-45-43-41-39-37-32-30-28-26-24-22-20-18-16-14-12-10-8-6-4-2/h5,7,11,13,17,19,23,25,29,31,69,72H,3-4,6,8-10,12,14-16,18,20-22,24,26-28,30,32-68H2,1-2H3/b7-5-,13-11-,19-17-,25-23-,31-29-. The maximum absolute atomic E-state index is 12.4. The van der Waals surface area contributed by atoms with Gasteiger partial charge in [0.15, 0.2) is 6.10 Å². The third-order valence-corrected chi connectivity index (χ3v) is 15.3. The van der Waals surface area contributed by atoms with E-state index in [4.69, 9.17) is 9.47 Å². The predicted octanol–water partition coefficient (Wildman–Crippen LogP) is 23.3. The lowest BCUT2D eigenvalue weighted by atomic mass is 10.0. The van der Waals surface area contributed by atoms with Gasteiger partial charge in [-0.05, 0) is 57.8 Å². The summed E-state index contributed by atoms with van der Waals surface area (Å²) in [5, 5.41) is 9.70. The van der Waals surface area contributed by atoms with Gasteiger partial charge in [-0.2, -0.15) is 0 Å². The van der Waals surface area contributed by atoms with Crippen molar-refractivity contribution in [1.29, 1.82) is 0 Å². The molecule has 1 atom stereocenters. The zero-order valence-corrected chi connectivity index (χ0v) is 51.0. The Morgan fingerprint density at radius 1 is 0.316 bits per heavy atom. The third kappa shape index (κ3) is 64.1. The fraction of sp³-hybridized carbons (Fsp3) is 0.831. The fourth-order valence-electron chi connectivity index (χ4n) is 10.3. The quantitative estimate of drug-likeness (QED) is 0.0373. The SMILES string of the molecule is CC/C=C\C/C=C\C/C=C\C/C=C\C/C=C\CCCCCCCCCCCCCCCCCCCC(=O)OC(CO)COC(=O)CCCCCCCCCCCCCCCCCCCCCCCCCCCCCCC. The van der Waals surface area contributed by atoms with Crippen LogP contribution in [0.15, 0.2) is 60.8 Å². The third-order valence-electron chi connectivity index (χ3n) is 15.3. The summed E-state index contributed by atoms with van der Waals surface area (Å²) in [6.45, 7) is 4.08. The zero-order valence-electron chi connectivity index (χ0n) is 51.0. The molecule has 0 heterocycles. The Morgan fingerprint density at radius 2 is 0.566 bits per heavy atom. The summed E-state index contributed by atoms with van der Waals surface area (Å²) in [6, 6.07) is 0. The van der Waals surface area contributed by atoms with Gasteiger partial charge in [0.05, 0.1) is 6.61 Å². The van der Waals surface area contributed by atoms with E-state index in [9.17, 15) is 14.7 Å². The highest BCUT2D eigenvalue weighted by molar-refractivity contribution is 5.70. The van der Waals surface area contributed by atoms with Crippen molar-refractivity contribution in [2.75, 3.05) is 13.2 Å². The number of rotatable bonds is 63. The molecule has 5 nitrogen and oxygen atoms in total. The molecule has 1 N–H and O–H groups in total. The number of ether oxygens (including phenoxy) is 2. The number of unbranched alkanes of at least 4 members (excludes halogenated alkanes) is 45. The Labute approximate surface area is 474 Å². The highest BCUT2D eigenvalue weighted by Crippen LogP contribution is 2.19. The molecular formula is C71H130O5. The van der Waals surface area contributed by atoms with Crippen LogP contribution in [-0.4, -0.2) is 36.4 Å². The van der Waals surface area contributed by atoms with E-state index < -0.39 is 6.10 Å². The van der Waals surface area contributed by atoms with Gasteiger partial charge in [0, 0.05) is 12.8 Å². The van der Waals surface area contributed by atoms with Crippen molar-refractivity contribution in [3.63, 3.8) is 0 Å². The molecule has 5 heteroatoms. The molecular weight excluding hydrogens is 933 g/mol. The molecule has 0 aromatic heterocycles. The van der Waals surface area contributed by atoms with E-state index in [1.165, 1.54) is 270 Å². The van der Waals surface area contributed by atoms with Gasteiger partial charge >= 0.3 is 11.9 Å². The number of esters is 2. The molecule has 444 valence electrons. The van der Waals surface area contributed by atoms with Crippen molar-refractivity contribution in [2.24, 2.45) is 0 Å². The van der Waals surface area contributed by atoms with Crippen molar-refractivity contribution < 1.29 is 24.2 Å². The van der Waals surface area contributed by atoms with Gasteiger partial charge in [-0.25, -0.2) is 0 Å². The molecule has 0 aliphatic rings. The van der Waals surface area contributed by atoms with Crippen molar-refractivity contribution in [3.8, 4) is 0 Å². The summed E-state index contributed by atoms with van der Waals surface area (Å²) >= 11 is 0. The first kappa shape index (κ1) is 73.6. The lowest BCUT2D eigenvalue weighted by molar-refractivity contribution is -0.161. The minimum absolute atomic E-state index is 0.0610. The monoisotopic (exact) mass is 1060 g/mol. The first-order valence-electron chi connectivity index (χ1n) is 33.8. The van der Waals surface area contributed by atoms with Crippen LogP contribution in [0.1, 0.15) is 361 Å². The number of hydrogen-bond donors (Lipinski definition) is 1. The van der Waals surface area contributed by atoms with Crippen LogP contribution >= 0.6 is 0 Å². The Balaban J connectivity index is 3.41. The Morgan fingerprint density at radius 3 is 0.855 bits per heavy atom. The van der Waals surface area contributed by atoms with Gasteiger partial charge < -0.3 is 14.6 Å². The molecule has 76 heavy (non-hydrogen) atoms. The number of allylic oxidation sites excluding steroid dienone is 10. The molecule has 0 radical (unpaired) electrons. The van der Waals surface area contributed by atoms with Crippen LogP contribution in [0, 0.1) is 0 Å². The predicted molar refractivity (Wildman–Crippen MR) is 334 cm³/mol. The largest absolute Gasteiger partial charge is 0.462 e. The average Bonchev–Trinajstić information content (AvgIpc) is 3.42. The van der Waals surface area contributed by atoms with Gasteiger partial charge in [0.2, 0.25) is 0 Å². The van der Waals surface area contributed by atoms with Crippen molar-refractivity contribution in [2.45, 2.75) is 367 Å². The molecule has 0 spiro atoms. The van der Waals surface area contributed by atoms with Crippen LogP contribution in [0.25, 0.3) is 0 Å². The van der Waals surface area contributed by atoms with E-state index in [0.717, 1.165) is 64.2 Å². The maximum Gasteiger partial charge on any atom is 0.306 e. The number of carbonyl (C=O) groups excluding carboxylic acids is 2. The summed E-state index contributed by atoms with van der Waals surface area (Å²) in [6.07, 6.45) is 91.1.